The van der Waals surface area contributed by atoms with E-state index in [9.17, 15) is 9.18 Å². The number of hydrogen-bond donors (Lipinski definition) is 4. The second-order valence-corrected chi connectivity index (χ2v) is 6.09. The van der Waals surface area contributed by atoms with Crippen LogP contribution >= 0.6 is 0 Å². The summed E-state index contributed by atoms with van der Waals surface area (Å²) in [5.41, 5.74) is 9.41. The first-order chi connectivity index (χ1) is 13.4. The molecule has 0 saturated carbocycles. The first-order valence-electron chi connectivity index (χ1n) is 8.31. The number of aliphatic hydroxyl groups excluding tert-OH is 1. The number of halogens is 1. The second-order valence-electron chi connectivity index (χ2n) is 6.09. The molecule has 6 N–H and O–H groups in total. The molecule has 0 spiro atoms. The number of pyridine rings is 1. The van der Waals surface area contributed by atoms with Crippen LogP contribution in [0.2, 0.25) is 0 Å². The van der Waals surface area contributed by atoms with Gasteiger partial charge in [0.2, 0.25) is 5.96 Å². The lowest BCUT2D eigenvalue weighted by Gasteiger charge is -2.14. The number of nitrogens with two attached hydrogens (primary N) is 2. The minimum absolute atomic E-state index is 0.0551. The van der Waals surface area contributed by atoms with Gasteiger partial charge in [0.05, 0.1) is 18.8 Å². The predicted molar refractivity (Wildman–Crippen MR) is 101 cm³/mol. The highest BCUT2D eigenvalue weighted by Gasteiger charge is 2.32. The van der Waals surface area contributed by atoms with E-state index in [1.807, 2.05) is 0 Å². The molecule has 148 valence electrons. The Hall–Kier alpha value is -3.28. The van der Waals surface area contributed by atoms with Gasteiger partial charge in [-0.05, 0) is 30.3 Å². The van der Waals surface area contributed by atoms with Crippen LogP contribution in [0.25, 0.3) is 11.1 Å². The summed E-state index contributed by atoms with van der Waals surface area (Å²) in [6.07, 6.45) is 0.223. The lowest BCUT2D eigenvalue weighted by atomic mass is 10.1. The van der Waals surface area contributed by atoms with Crippen molar-refractivity contribution in [3.63, 3.8) is 0 Å². The average Bonchev–Trinajstić information content (AvgIpc) is 3.03. The van der Waals surface area contributed by atoms with Crippen molar-refractivity contribution in [3.05, 3.63) is 42.3 Å². The van der Waals surface area contributed by atoms with Crippen LogP contribution in [0.1, 0.15) is 0 Å². The Bertz CT molecular complexity index is 889. The molecule has 3 rings (SSSR count). The van der Waals surface area contributed by atoms with Crippen molar-refractivity contribution in [1.29, 1.82) is 0 Å². The molecule has 1 amide bonds. The predicted octanol–water partition coefficient (Wildman–Crippen LogP) is 0.462. The first-order valence-corrected chi connectivity index (χ1v) is 8.31. The van der Waals surface area contributed by atoms with Crippen molar-refractivity contribution >= 4 is 23.6 Å². The first kappa shape index (κ1) is 19.5. The summed E-state index contributed by atoms with van der Waals surface area (Å²) < 4.78 is 19.6. The molecule has 2 heterocycles. The summed E-state index contributed by atoms with van der Waals surface area (Å²) in [5, 5.41) is 10.2. The molecule has 28 heavy (non-hydrogen) atoms. The number of hydrazine groups is 2. The van der Waals surface area contributed by atoms with E-state index in [1.165, 1.54) is 17.2 Å². The maximum Gasteiger partial charge on any atom is 0.414 e. The fourth-order valence-corrected chi connectivity index (χ4v) is 2.67. The van der Waals surface area contributed by atoms with Crippen LogP contribution < -0.4 is 21.9 Å². The fourth-order valence-electron chi connectivity index (χ4n) is 2.67. The third-order valence-electron chi connectivity index (χ3n) is 3.93. The maximum absolute atomic E-state index is 14.6. The minimum Gasteiger partial charge on any atom is -0.441 e. The van der Waals surface area contributed by atoms with E-state index < -0.39 is 18.0 Å². The van der Waals surface area contributed by atoms with Gasteiger partial charge in [-0.15, -0.1) is 0 Å². The molecule has 0 radical (unpaired) electrons. The monoisotopic (exact) mass is 389 g/mol. The van der Waals surface area contributed by atoms with Gasteiger partial charge in [-0.2, -0.15) is 10.1 Å². The number of benzene rings is 1. The van der Waals surface area contributed by atoms with Gasteiger partial charge in [0.15, 0.2) is 5.82 Å². The lowest BCUT2D eigenvalue weighted by molar-refractivity contribution is 0.0963. The molecule has 1 saturated heterocycles. The highest BCUT2D eigenvalue weighted by atomic mass is 19.1. The fraction of sp³-hybridized carbons (Fsp3) is 0.235. The van der Waals surface area contributed by atoms with Crippen LogP contribution in [-0.4, -0.2) is 53.6 Å². The molecule has 1 aromatic carbocycles. The minimum atomic E-state index is -0.621. The Kier molecular flexibility index (Phi) is 5.68. The summed E-state index contributed by atoms with van der Waals surface area (Å²) in [6, 6.07) is 7.61. The Morgan fingerprint density at radius 1 is 1.50 bits per heavy atom. The second kappa shape index (κ2) is 8.17. The van der Waals surface area contributed by atoms with E-state index in [4.69, 9.17) is 21.4 Å². The third kappa shape index (κ3) is 4.34. The van der Waals surface area contributed by atoms with Crippen LogP contribution in [0, 0.1) is 5.82 Å². The van der Waals surface area contributed by atoms with Gasteiger partial charge < -0.3 is 15.6 Å². The summed E-state index contributed by atoms with van der Waals surface area (Å²) in [5.74, 6) is 5.25. The summed E-state index contributed by atoms with van der Waals surface area (Å²) in [6.45, 7) is -0.124. The van der Waals surface area contributed by atoms with Crippen LogP contribution in [0.4, 0.5) is 20.7 Å². The van der Waals surface area contributed by atoms with E-state index in [1.54, 1.807) is 31.3 Å². The molecule has 0 bridgehead atoms. The maximum atomic E-state index is 14.6. The topological polar surface area (TPSA) is 142 Å². The summed E-state index contributed by atoms with van der Waals surface area (Å²) in [7, 11) is 1.55. The van der Waals surface area contributed by atoms with Gasteiger partial charge in [-0.3, -0.25) is 16.2 Å². The Morgan fingerprint density at radius 2 is 2.29 bits per heavy atom. The number of ether oxygens (including phenoxy) is 1. The number of nitrogens with zero attached hydrogens (tertiary/aromatic N) is 4. The number of hydrogen-bond acceptors (Lipinski definition) is 7. The molecule has 1 atom stereocenters. The Labute approximate surface area is 160 Å². The SMILES string of the molecule is CN(N)NC(N)=Nc1ccc(-c2ccc(N3C[C@H](CO)OC3=O)cc2F)cn1. The molecular formula is C17H20FN7O3. The number of amides is 1. The Balaban J connectivity index is 1.78. The number of carbonyl (C=O) groups excluding carboxylic acids is 1. The van der Waals surface area contributed by atoms with Gasteiger partial charge >= 0.3 is 6.09 Å². The lowest BCUT2D eigenvalue weighted by Crippen LogP contribution is -2.47. The highest BCUT2D eigenvalue weighted by Crippen LogP contribution is 2.29. The largest absolute Gasteiger partial charge is 0.441 e. The van der Waals surface area contributed by atoms with E-state index in [-0.39, 0.29) is 19.1 Å². The smallest absolute Gasteiger partial charge is 0.414 e. The highest BCUT2D eigenvalue weighted by molar-refractivity contribution is 5.90. The molecule has 1 aliphatic heterocycles. The molecule has 1 fully saturated rings. The number of guanidine groups is 1. The Morgan fingerprint density at radius 3 is 2.86 bits per heavy atom. The van der Waals surface area contributed by atoms with Gasteiger partial charge in [-0.25, -0.2) is 14.2 Å². The van der Waals surface area contributed by atoms with Gasteiger partial charge in [-0.1, -0.05) is 0 Å². The number of nitrogens with one attached hydrogen (secondary N) is 1. The number of aliphatic hydroxyl groups is 1. The van der Waals surface area contributed by atoms with E-state index in [0.29, 0.717) is 22.6 Å². The third-order valence-corrected chi connectivity index (χ3v) is 3.93. The van der Waals surface area contributed by atoms with E-state index in [2.05, 4.69) is 15.4 Å². The zero-order valence-electron chi connectivity index (χ0n) is 15.0. The van der Waals surface area contributed by atoms with Crippen LogP contribution in [-0.2, 0) is 4.74 Å². The summed E-state index contributed by atoms with van der Waals surface area (Å²) >= 11 is 0. The molecule has 1 aliphatic rings. The van der Waals surface area contributed by atoms with Crippen LogP contribution in [0.5, 0.6) is 0 Å². The van der Waals surface area contributed by atoms with Gasteiger partial charge in [0.1, 0.15) is 11.9 Å². The van der Waals surface area contributed by atoms with Crippen molar-refractivity contribution in [2.24, 2.45) is 16.6 Å². The van der Waals surface area contributed by atoms with E-state index >= 15 is 0 Å². The standard InChI is InChI=1S/C17H20FN7O3/c1-24(20)23-16(19)22-15-5-2-10(7-21-15)13-4-3-11(6-14(13)18)25-8-12(9-26)28-17(25)27/h2-7,12,26H,8-9,20H2,1H3,(H3,19,21,22,23)/t12-/m1/s1. The molecule has 10 nitrogen and oxygen atoms in total. The molecular weight excluding hydrogens is 369 g/mol. The molecule has 0 unspecified atom stereocenters. The van der Waals surface area contributed by atoms with Crippen molar-refractivity contribution in [3.8, 4) is 11.1 Å². The number of aromatic nitrogens is 1. The zero-order chi connectivity index (χ0) is 20.3. The van der Waals surface area contributed by atoms with Crippen LogP contribution in [0.3, 0.4) is 0 Å². The van der Waals surface area contributed by atoms with Gasteiger partial charge in [0.25, 0.3) is 0 Å². The number of anilines is 1. The average molecular weight is 389 g/mol. The van der Waals surface area contributed by atoms with Crippen molar-refractivity contribution in [2.45, 2.75) is 6.10 Å². The van der Waals surface area contributed by atoms with Crippen molar-refractivity contribution < 1.29 is 19.0 Å². The quantitative estimate of drug-likeness (QED) is 0.250. The number of aliphatic imine (C=N–C) groups is 1. The number of cyclic esters (lactones) is 1. The molecule has 11 heteroatoms. The van der Waals surface area contributed by atoms with Crippen molar-refractivity contribution in [1.82, 2.24) is 15.5 Å². The van der Waals surface area contributed by atoms with Crippen LogP contribution in [0.15, 0.2) is 41.5 Å². The van der Waals surface area contributed by atoms with Gasteiger partial charge in [0, 0.05) is 24.4 Å². The zero-order valence-corrected chi connectivity index (χ0v) is 15.0. The number of carbonyl (C=O) groups is 1. The number of rotatable bonds is 5. The molecule has 1 aromatic heterocycles. The summed E-state index contributed by atoms with van der Waals surface area (Å²) in [4.78, 5) is 21.3. The van der Waals surface area contributed by atoms with Crippen molar-refractivity contribution in [2.75, 3.05) is 25.1 Å². The van der Waals surface area contributed by atoms with E-state index in [0.717, 1.165) is 5.12 Å². The molecule has 2 aromatic rings. The normalized spacial score (nSPS) is 17.2. The molecule has 0 aliphatic carbocycles.